The summed E-state index contributed by atoms with van der Waals surface area (Å²) in [5.41, 5.74) is 2.48. The topological polar surface area (TPSA) is 61.9 Å². The number of ether oxygens (including phenoxy) is 1. The molecule has 6 nitrogen and oxygen atoms in total. The van der Waals surface area contributed by atoms with Crippen molar-refractivity contribution < 1.29 is 14.3 Å². The Morgan fingerprint density at radius 1 is 1.00 bits per heavy atom. The van der Waals surface area contributed by atoms with Crippen molar-refractivity contribution in [3.63, 3.8) is 0 Å². The van der Waals surface area contributed by atoms with E-state index in [9.17, 15) is 9.59 Å². The molecule has 1 aliphatic rings. The van der Waals surface area contributed by atoms with E-state index in [0.717, 1.165) is 17.5 Å². The van der Waals surface area contributed by atoms with E-state index >= 15 is 0 Å². The molecular formula is C20H31N3O3. The first-order valence-corrected chi connectivity index (χ1v) is 9.14. The third kappa shape index (κ3) is 4.90. The number of aryl methyl sites for hydroxylation is 2. The number of nitrogens with one attached hydrogen (secondary N) is 1. The van der Waals surface area contributed by atoms with Gasteiger partial charge in [-0.05, 0) is 64.3 Å². The second-order valence-electron chi connectivity index (χ2n) is 7.95. The molecule has 1 aliphatic heterocycles. The van der Waals surface area contributed by atoms with E-state index in [4.69, 9.17) is 4.74 Å². The lowest BCUT2D eigenvalue weighted by Gasteiger charge is -2.27. The summed E-state index contributed by atoms with van der Waals surface area (Å²) in [6.45, 7) is 12.2. The van der Waals surface area contributed by atoms with E-state index in [2.05, 4.69) is 5.32 Å². The molecule has 1 fully saturated rings. The lowest BCUT2D eigenvalue weighted by molar-refractivity contribution is 0.0758. The number of benzene rings is 1. The summed E-state index contributed by atoms with van der Waals surface area (Å²) in [5.74, 6) is 0.563. The van der Waals surface area contributed by atoms with Crippen LogP contribution in [0.15, 0.2) is 12.1 Å². The highest BCUT2D eigenvalue weighted by molar-refractivity contribution is 5.97. The van der Waals surface area contributed by atoms with Crippen molar-refractivity contribution >= 4 is 11.9 Å². The summed E-state index contributed by atoms with van der Waals surface area (Å²) in [6, 6.07) is 3.73. The number of hydrogen-bond donors (Lipinski definition) is 1. The smallest absolute Gasteiger partial charge is 0.317 e. The van der Waals surface area contributed by atoms with Gasteiger partial charge in [-0.25, -0.2) is 4.79 Å². The van der Waals surface area contributed by atoms with E-state index in [1.165, 1.54) is 0 Å². The summed E-state index contributed by atoms with van der Waals surface area (Å²) in [6.07, 6.45) is 0.760. The monoisotopic (exact) mass is 361 g/mol. The zero-order valence-electron chi connectivity index (χ0n) is 16.8. The molecule has 1 aromatic rings. The highest BCUT2D eigenvalue weighted by Gasteiger charge is 2.26. The van der Waals surface area contributed by atoms with Crippen molar-refractivity contribution in [3.05, 3.63) is 28.8 Å². The number of urea groups is 1. The van der Waals surface area contributed by atoms with Crippen LogP contribution in [0.2, 0.25) is 0 Å². The van der Waals surface area contributed by atoms with Gasteiger partial charge in [-0.15, -0.1) is 0 Å². The number of methoxy groups -OCH3 is 1. The van der Waals surface area contributed by atoms with Crippen molar-refractivity contribution in [2.75, 3.05) is 33.3 Å². The van der Waals surface area contributed by atoms with Gasteiger partial charge in [0.15, 0.2) is 0 Å². The molecule has 144 valence electrons. The maximum atomic E-state index is 13.0. The number of carbonyl (C=O) groups excluding carboxylic acids is 2. The van der Waals surface area contributed by atoms with Gasteiger partial charge >= 0.3 is 6.03 Å². The zero-order chi connectivity index (χ0) is 19.5. The van der Waals surface area contributed by atoms with Crippen LogP contribution in [0.25, 0.3) is 0 Å². The Bertz CT molecular complexity index is 680. The van der Waals surface area contributed by atoms with Gasteiger partial charge in [0.05, 0.1) is 12.7 Å². The van der Waals surface area contributed by atoms with Crippen molar-refractivity contribution in [1.29, 1.82) is 0 Å². The summed E-state index contributed by atoms with van der Waals surface area (Å²) in [5, 5.41) is 2.99. The molecule has 0 aromatic heterocycles. The summed E-state index contributed by atoms with van der Waals surface area (Å²) >= 11 is 0. The molecule has 0 saturated carbocycles. The Morgan fingerprint density at radius 2 is 1.58 bits per heavy atom. The molecule has 0 spiro atoms. The lowest BCUT2D eigenvalue weighted by Crippen LogP contribution is -2.49. The molecule has 0 aliphatic carbocycles. The molecular weight excluding hydrogens is 330 g/mol. The number of amides is 3. The average molecular weight is 361 g/mol. The van der Waals surface area contributed by atoms with E-state index in [-0.39, 0.29) is 17.5 Å². The Balaban J connectivity index is 2.11. The van der Waals surface area contributed by atoms with Crippen LogP contribution in [0.4, 0.5) is 4.79 Å². The molecule has 26 heavy (non-hydrogen) atoms. The molecule has 2 rings (SSSR count). The van der Waals surface area contributed by atoms with E-state index in [0.29, 0.717) is 37.5 Å². The zero-order valence-corrected chi connectivity index (χ0v) is 16.8. The van der Waals surface area contributed by atoms with E-state index in [1.54, 1.807) is 12.0 Å². The van der Waals surface area contributed by atoms with Crippen molar-refractivity contribution in [1.82, 2.24) is 15.1 Å². The fraction of sp³-hybridized carbons (Fsp3) is 0.600. The fourth-order valence-corrected chi connectivity index (χ4v) is 3.02. The molecule has 1 aromatic carbocycles. The quantitative estimate of drug-likeness (QED) is 0.881. The van der Waals surface area contributed by atoms with Crippen LogP contribution in [0, 0.1) is 13.8 Å². The molecule has 1 heterocycles. The maximum absolute atomic E-state index is 13.0. The Labute approximate surface area is 156 Å². The summed E-state index contributed by atoms with van der Waals surface area (Å²) in [4.78, 5) is 29.0. The molecule has 0 unspecified atom stereocenters. The lowest BCUT2D eigenvalue weighted by atomic mass is 10.0. The first-order valence-electron chi connectivity index (χ1n) is 9.14. The second kappa shape index (κ2) is 7.98. The predicted molar refractivity (Wildman–Crippen MR) is 103 cm³/mol. The van der Waals surface area contributed by atoms with Crippen LogP contribution in [0.3, 0.4) is 0 Å². The normalized spacial score (nSPS) is 15.5. The highest BCUT2D eigenvalue weighted by Crippen LogP contribution is 2.25. The van der Waals surface area contributed by atoms with Crippen LogP contribution in [-0.2, 0) is 0 Å². The highest BCUT2D eigenvalue weighted by atomic mass is 16.5. The fourth-order valence-electron chi connectivity index (χ4n) is 3.02. The SMILES string of the molecule is COc1cc(C)c(C)cc1C(=O)N1CCCN(C(=O)NC(C)(C)C)CC1. The number of hydrogen-bond acceptors (Lipinski definition) is 3. The minimum atomic E-state index is -0.272. The Morgan fingerprint density at radius 3 is 2.19 bits per heavy atom. The van der Waals surface area contributed by atoms with E-state index < -0.39 is 0 Å². The molecule has 0 atom stereocenters. The van der Waals surface area contributed by atoms with Crippen LogP contribution in [-0.4, -0.2) is 60.6 Å². The molecule has 1 N–H and O–H groups in total. The van der Waals surface area contributed by atoms with Crippen molar-refractivity contribution in [2.45, 2.75) is 46.6 Å². The molecule has 3 amide bonds. The Hall–Kier alpha value is -2.24. The number of carbonyl (C=O) groups is 2. The maximum Gasteiger partial charge on any atom is 0.317 e. The van der Waals surface area contributed by atoms with Crippen molar-refractivity contribution in [3.8, 4) is 5.75 Å². The third-order valence-corrected chi connectivity index (χ3v) is 4.60. The Kier molecular flexibility index (Phi) is 6.16. The number of nitrogens with zero attached hydrogens (tertiary/aromatic N) is 2. The molecule has 6 heteroatoms. The van der Waals surface area contributed by atoms with E-state index in [1.807, 2.05) is 51.7 Å². The first kappa shape index (κ1) is 20.1. The van der Waals surface area contributed by atoms with Gasteiger partial charge in [0, 0.05) is 31.7 Å². The van der Waals surface area contributed by atoms with Gasteiger partial charge in [-0.3, -0.25) is 4.79 Å². The minimum absolute atomic E-state index is 0.0389. The van der Waals surface area contributed by atoms with Crippen molar-refractivity contribution in [2.24, 2.45) is 0 Å². The average Bonchev–Trinajstić information content (AvgIpc) is 2.81. The van der Waals surface area contributed by atoms with Gasteiger partial charge in [0.2, 0.25) is 0 Å². The van der Waals surface area contributed by atoms with Crippen LogP contribution >= 0.6 is 0 Å². The molecule has 1 saturated heterocycles. The van der Waals surface area contributed by atoms with Crippen LogP contribution < -0.4 is 10.1 Å². The standard InChI is InChI=1S/C20H31N3O3/c1-14-12-16(17(26-6)13-15(14)2)18(24)22-8-7-9-23(11-10-22)19(25)21-20(3,4)5/h12-13H,7-11H2,1-6H3,(H,21,25). The molecule has 0 bridgehead atoms. The predicted octanol–water partition coefficient (Wildman–Crippen LogP) is 2.97. The van der Waals surface area contributed by atoms with Gasteiger partial charge < -0.3 is 19.9 Å². The number of rotatable bonds is 2. The summed E-state index contributed by atoms with van der Waals surface area (Å²) < 4.78 is 5.42. The van der Waals surface area contributed by atoms with Gasteiger partial charge in [0.1, 0.15) is 5.75 Å². The third-order valence-electron chi connectivity index (χ3n) is 4.60. The van der Waals surface area contributed by atoms with Gasteiger partial charge in [-0.2, -0.15) is 0 Å². The van der Waals surface area contributed by atoms with Gasteiger partial charge in [-0.1, -0.05) is 0 Å². The van der Waals surface area contributed by atoms with Crippen LogP contribution in [0.1, 0.15) is 48.7 Å². The minimum Gasteiger partial charge on any atom is -0.496 e. The summed E-state index contributed by atoms with van der Waals surface area (Å²) in [7, 11) is 1.59. The first-order chi connectivity index (χ1) is 12.1. The second-order valence-corrected chi connectivity index (χ2v) is 7.95. The molecule has 0 radical (unpaired) electrons. The van der Waals surface area contributed by atoms with Gasteiger partial charge in [0.25, 0.3) is 5.91 Å². The van der Waals surface area contributed by atoms with Crippen LogP contribution in [0.5, 0.6) is 5.75 Å². The largest absolute Gasteiger partial charge is 0.496 e.